The standard InChI is InChI=1S/C11H12N2O2/c1-15-11-4-2-10(3-5-11)13-7-9(8-14)6-12-13/h2-7,14H,8H2,1H3. The van der Waals surface area contributed by atoms with Gasteiger partial charge in [0.2, 0.25) is 0 Å². The Kier molecular flexibility index (Phi) is 2.69. The molecule has 4 nitrogen and oxygen atoms in total. The molecule has 0 atom stereocenters. The van der Waals surface area contributed by atoms with Crippen molar-refractivity contribution >= 4 is 0 Å². The molecule has 0 saturated carbocycles. The summed E-state index contributed by atoms with van der Waals surface area (Å²) in [5.41, 5.74) is 1.74. The fraction of sp³-hybridized carbons (Fsp3) is 0.182. The summed E-state index contributed by atoms with van der Waals surface area (Å²) in [6.07, 6.45) is 3.44. The number of ether oxygens (including phenoxy) is 1. The maximum absolute atomic E-state index is 8.91. The van der Waals surface area contributed by atoms with Crippen molar-refractivity contribution in [1.82, 2.24) is 9.78 Å². The van der Waals surface area contributed by atoms with Gasteiger partial charge in [-0.2, -0.15) is 5.10 Å². The number of rotatable bonds is 3. The zero-order valence-corrected chi connectivity index (χ0v) is 8.42. The van der Waals surface area contributed by atoms with E-state index in [-0.39, 0.29) is 6.61 Å². The highest BCUT2D eigenvalue weighted by Gasteiger charge is 1.99. The minimum atomic E-state index is 0.0101. The number of nitrogens with zero attached hydrogens (tertiary/aromatic N) is 2. The van der Waals surface area contributed by atoms with Crippen LogP contribution in [0, 0.1) is 0 Å². The maximum Gasteiger partial charge on any atom is 0.119 e. The average molecular weight is 204 g/mol. The predicted octanol–water partition coefficient (Wildman–Crippen LogP) is 1.37. The van der Waals surface area contributed by atoms with Crippen molar-refractivity contribution in [3.63, 3.8) is 0 Å². The fourth-order valence-electron chi connectivity index (χ4n) is 1.32. The lowest BCUT2D eigenvalue weighted by Crippen LogP contribution is -1.93. The Morgan fingerprint density at radius 2 is 2.07 bits per heavy atom. The van der Waals surface area contributed by atoms with Gasteiger partial charge in [-0.05, 0) is 24.3 Å². The van der Waals surface area contributed by atoms with Crippen LogP contribution in [0.5, 0.6) is 5.75 Å². The van der Waals surface area contributed by atoms with Crippen LogP contribution in [0.15, 0.2) is 36.7 Å². The molecule has 4 heteroatoms. The summed E-state index contributed by atoms with van der Waals surface area (Å²) in [5.74, 6) is 0.813. The van der Waals surface area contributed by atoms with E-state index >= 15 is 0 Å². The molecule has 0 aliphatic heterocycles. The molecule has 0 aliphatic rings. The van der Waals surface area contributed by atoms with Gasteiger partial charge in [-0.15, -0.1) is 0 Å². The molecule has 1 aromatic carbocycles. The summed E-state index contributed by atoms with van der Waals surface area (Å²) in [4.78, 5) is 0. The van der Waals surface area contributed by atoms with Gasteiger partial charge in [-0.1, -0.05) is 0 Å². The number of benzene rings is 1. The van der Waals surface area contributed by atoms with Crippen LogP contribution in [0.1, 0.15) is 5.56 Å². The molecule has 0 fully saturated rings. The summed E-state index contributed by atoms with van der Waals surface area (Å²) in [7, 11) is 1.63. The normalized spacial score (nSPS) is 10.3. The molecule has 0 saturated heterocycles. The Balaban J connectivity index is 2.28. The van der Waals surface area contributed by atoms with Gasteiger partial charge in [0, 0.05) is 11.8 Å². The lowest BCUT2D eigenvalue weighted by atomic mass is 10.3. The van der Waals surface area contributed by atoms with E-state index in [4.69, 9.17) is 9.84 Å². The first-order valence-electron chi connectivity index (χ1n) is 4.62. The first-order valence-corrected chi connectivity index (χ1v) is 4.62. The highest BCUT2D eigenvalue weighted by atomic mass is 16.5. The van der Waals surface area contributed by atoms with Crippen molar-refractivity contribution in [1.29, 1.82) is 0 Å². The molecule has 0 aliphatic carbocycles. The van der Waals surface area contributed by atoms with Gasteiger partial charge in [0.1, 0.15) is 5.75 Å². The molecule has 2 rings (SSSR count). The number of aliphatic hydroxyl groups is 1. The van der Waals surface area contributed by atoms with Crippen LogP contribution >= 0.6 is 0 Å². The third-order valence-corrected chi connectivity index (χ3v) is 2.16. The molecule has 0 bridgehead atoms. The topological polar surface area (TPSA) is 47.3 Å². The second-order valence-corrected chi connectivity index (χ2v) is 3.15. The molecule has 1 aromatic heterocycles. The van der Waals surface area contributed by atoms with Crippen LogP contribution < -0.4 is 4.74 Å². The van der Waals surface area contributed by atoms with Crippen LogP contribution in [0.3, 0.4) is 0 Å². The number of hydrogen-bond acceptors (Lipinski definition) is 3. The van der Waals surface area contributed by atoms with Crippen molar-refractivity contribution in [3.8, 4) is 11.4 Å². The van der Waals surface area contributed by atoms with E-state index in [0.29, 0.717) is 0 Å². The van der Waals surface area contributed by atoms with Crippen LogP contribution in [0.4, 0.5) is 0 Å². The van der Waals surface area contributed by atoms with Gasteiger partial charge < -0.3 is 9.84 Å². The molecule has 0 radical (unpaired) electrons. The first-order chi connectivity index (χ1) is 7.33. The van der Waals surface area contributed by atoms with Crippen molar-refractivity contribution in [2.24, 2.45) is 0 Å². The molecule has 2 aromatic rings. The Bertz CT molecular complexity index is 434. The fourth-order valence-corrected chi connectivity index (χ4v) is 1.32. The minimum absolute atomic E-state index is 0.0101. The number of hydrogen-bond donors (Lipinski definition) is 1. The van der Waals surface area contributed by atoms with E-state index in [2.05, 4.69) is 5.10 Å². The molecule has 0 amide bonds. The number of methoxy groups -OCH3 is 1. The maximum atomic E-state index is 8.91. The Morgan fingerprint density at radius 1 is 1.33 bits per heavy atom. The molecule has 0 spiro atoms. The van der Waals surface area contributed by atoms with E-state index in [9.17, 15) is 0 Å². The average Bonchev–Trinajstić information content (AvgIpc) is 2.78. The van der Waals surface area contributed by atoms with Crippen molar-refractivity contribution in [2.75, 3.05) is 7.11 Å². The first kappa shape index (κ1) is 9.73. The monoisotopic (exact) mass is 204 g/mol. The lowest BCUT2D eigenvalue weighted by Gasteiger charge is -2.02. The lowest BCUT2D eigenvalue weighted by molar-refractivity contribution is 0.282. The second-order valence-electron chi connectivity index (χ2n) is 3.15. The quantitative estimate of drug-likeness (QED) is 0.821. The third-order valence-electron chi connectivity index (χ3n) is 2.16. The zero-order chi connectivity index (χ0) is 10.7. The summed E-state index contributed by atoms with van der Waals surface area (Å²) in [6, 6.07) is 7.56. The molecule has 15 heavy (non-hydrogen) atoms. The molecule has 1 N–H and O–H groups in total. The SMILES string of the molecule is COc1ccc(-n2cc(CO)cn2)cc1. The van der Waals surface area contributed by atoms with Gasteiger partial charge in [0.25, 0.3) is 0 Å². The molecule has 78 valence electrons. The Morgan fingerprint density at radius 3 is 2.60 bits per heavy atom. The van der Waals surface area contributed by atoms with Gasteiger partial charge >= 0.3 is 0 Å². The summed E-state index contributed by atoms with van der Waals surface area (Å²) < 4.78 is 6.78. The number of aliphatic hydroxyl groups excluding tert-OH is 1. The Labute approximate surface area is 87.7 Å². The zero-order valence-electron chi connectivity index (χ0n) is 8.42. The third kappa shape index (κ3) is 1.99. The summed E-state index contributed by atoms with van der Waals surface area (Å²) >= 11 is 0. The number of aromatic nitrogens is 2. The van der Waals surface area contributed by atoms with Gasteiger partial charge in [-0.25, -0.2) is 4.68 Å². The second kappa shape index (κ2) is 4.14. The van der Waals surface area contributed by atoms with Crippen LogP contribution in [0.25, 0.3) is 5.69 Å². The van der Waals surface area contributed by atoms with E-state index < -0.39 is 0 Å². The van der Waals surface area contributed by atoms with Crippen molar-refractivity contribution < 1.29 is 9.84 Å². The van der Waals surface area contributed by atoms with Gasteiger partial charge in [0.05, 0.1) is 25.6 Å². The van der Waals surface area contributed by atoms with Gasteiger partial charge in [-0.3, -0.25) is 0 Å². The predicted molar refractivity (Wildman–Crippen MR) is 56.0 cm³/mol. The Hall–Kier alpha value is -1.81. The van der Waals surface area contributed by atoms with E-state index in [1.807, 2.05) is 24.3 Å². The smallest absolute Gasteiger partial charge is 0.119 e. The molecular formula is C11H12N2O2. The van der Waals surface area contributed by atoms with Crippen molar-refractivity contribution in [3.05, 3.63) is 42.2 Å². The van der Waals surface area contributed by atoms with Crippen LogP contribution in [0.2, 0.25) is 0 Å². The van der Waals surface area contributed by atoms with Crippen LogP contribution in [-0.2, 0) is 6.61 Å². The summed E-state index contributed by atoms with van der Waals surface area (Å²) in [6.45, 7) is 0.0101. The van der Waals surface area contributed by atoms with E-state index in [1.165, 1.54) is 0 Å². The van der Waals surface area contributed by atoms with E-state index in [1.54, 1.807) is 24.2 Å². The molecule has 0 unspecified atom stereocenters. The minimum Gasteiger partial charge on any atom is -0.497 e. The van der Waals surface area contributed by atoms with Crippen molar-refractivity contribution in [2.45, 2.75) is 6.61 Å². The largest absolute Gasteiger partial charge is 0.497 e. The molecular weight excluding hydrogens is 192 g/mol. The highest BCUT2D eigenvalue weighted by Crippen LogP contribution is 2.14. The van der Waals surface area contributed by atoms with Gasteiger partial charge in [0.15, 0.2) is 0 Å². The van der Waals surface area contributed by atoms with E-state index in [0.717, 1.165) is 17.0 Å². The highest BCUT2D eigenvalue weighted by molar-refractivity contribution is 5.37. The van der Waals surface area contributed by atoms with Crippen LogP contribution in [-0.4, -0.2) is 22.0 Å². The molecule has 1 heterocycles. The summed E-state index contributed by atoms with van der Waals surface area (Å²) in [5, 5.41) is 13.0.